The van der Waals surface area contributed by atoms with Crippen LogP contribution in [0, 0.1) is 6.33 Å². The van der Waals surface area contributed by atoms with Crippen molar-refractivity contribution in [2.45, 2.75) is 26.2 Å². The monoisotopic (exact) mass is 838 g/mol. The van der Waals surface area contributed by atoms with Crippen LogP contribution >= 0.6 is 0 Å². The standard InChI is InChI=1S/C58H43BN4O2/c1-58(2,3)39-33-34-60-57(35-39)63-51-26-11-6-21-45(51)46-32-31-42(37-54(46)63)64-41-18-16-17-40(36-41)61-38-62(53-28-13-12-27-52(53)61)50-25-10-5-20-44(50)43-19-4-7-22-47(43)59-48-23-8-14-29-55(48)65-56-30-15-9-24-49(56)59/h4-37H,1-3H3. The zero-order chi connectivity index (χ0) is 43.6. The van der Waals surface area contributed by atoms with Gasteiger partial charge in [-0.25, -0.2) is 4.98 Å². The molecule has 0 bridgehead atoms. The van der Waals surface area contributed by atoms with E-state index in [1.54, 1.807) is 0 Å². The molecule has 0 saturated heterocycles. The Morgan fingerprint density at radius 1 is 0.554 bits per heavy atom. The van der Waals surface area contributed by atoms with Crippen LogP contribution in [-0.4, -0.2) is 20.8 Å². The minimum Gasteiger partial charge on any atom is -0.458 e. The van der Waals surface area contributed by atoms with Crippen molar-refractivity contribution in [2.75, 3.05) is 0 Å². The number of aromatic nitrogens is 4. The Kier molecular flexibility index (Phi) is 9.05. The molecule has 1 aliphatic heterocycles. The van der Waals surface area contributed by atoms with Crippen molar-refractivity contribution in [1.82, 2.24) is 14.1 Å². The van der Waals surface area contributed by atoms with Crippen molar-refractivity contribution in [1.29, 1.82) is 0 Å². The first-order chi connectivity index (χ1) is 31.9. The maximum Gasteiger partial charge on any atom is 0.269 e. The molecule has 0 fully saturated rings. The van der Waals surface area contributed by atoms with E-state index in [4.69, 9.17) is 14.5 Å². The third kappa shape index (κ3) is 6.58. The number of rotatable bonds is 7. The summed E-state index contributed by atoms with van der Waals surface area (Å²) in [5.74, 6) is 4.12. The first-order valence-electron chi connectivity index (χ1n) is 22.1. The average molecular weight is 839 g/mol. The third-order valence-electron chi connectivity index (χ3n) is 12.7. The number of pyridine rings is 1. The van der Waals surface area contributed by atoms with Gasteiger partial charge in [0, 0.05) is 23.0 Å². The fraction of sp³-hybridized carbons (Fsp3) is 0.0690. The third-order valence-corrected chi connectivity index (χ3v) is 12.7. The lowest BCUT2D eigenvalue weighted by Gasteiger charge is -2.28. The molecule has 12 rings (SSSR count). The lowest BCUT2D eigenvalue weighted by Crippen LogP contribution is -2.55. The molecule has 0 N–H and O–H groups in total. The first kappa shape index (κ1) is 38.5. The molecular formula is C58H43BN4O2. The van der Waals surface area contributed by atoms with Gasteiger partial charge in [-0.1, -0.05) is 154 Å². The predicted octanol–water partition coefficient (Wildman–Crippen LogP) is 11.6. The summed E-state index contributed by atoms with van der Waals surface area (Å²) >= 11 is 0. The molecule has 0 aliphatic carbocycles. The SMILES string of the molecule is CC(C)(C)c1ccnc(-n2c3ccccc3c3ccc(Oc4cccc(-n5[c-][n+](-c6ccccc6-c6ccccc6B6c7ccccc7Oc7ccccc76)c6ccccc65)c4)cc32)c1. The average Bonchev–Trinajstić information content (AvgIpc) is 3.89. The Morgan fingerprint density at radius 2 is 1.20 bits per heavy atom. The maximum atomic E-state index is 6.74. The summed E-state index contributed by atoms with van der Waals surface area (Å²) in [6, 6.07) is 70.1. The fourth-order valence-electron chi connectivity index (χ4n) is 9.66. The van der Waals surface area contributed by atoms with E-state index in [0.717, 1.165) is 89.7 Å². The Hall–Kier alpha value is -8.16. The van der Waals surface area contributed by atoms with Gasteiger partial charge in [-0.3, -0.25) is 13.7 Å². The van der Waals surface area contributed by atoms with E-state index in [9.17, 15) is 0 Å². The molecule has 4 heterocycles. The number of fused-ring (bicyclic) bond motifs is 6. The molecule has 6 nitrogen and oxygen atoms in total. The molecule has 8 aromatic carbocycles. The van der Waals surface area contributed by atoms with Crippen LogP contribution in [0.15, 0.2) is 206 Å². The Bertz CT molecular complexity index is 3590. The Labute approximate surface area is 378 Å². The maximum absolute atomic E-state index is 6.74. The quantitative estimate of drug-likeness (QED) is 0.0912. The van der Waals surface area contributed by atoms with Crippen LogP contribution in [0.5, 0.6) is 23.0 Å². The number of benzene rings is 8. The van der Waals surface area contributed by atoms with Crippen molar-refractivity contribution in [3.63, 3.8) is 0 Å². The Morgan fingerprint density at radius 3 is 2.00 bits per heavy atom. The molecule has 310 valence electrons. The fourth-order valence-corrected chi connectivity index (χ4v) is 9.66. The summed E-state index contributed by atoms with van der Waals surface area (Å²) in [4.78, 5) is 4.88. The van der Waals surface area contributed by atoms with Gasteiger partial charge in [-0.15, -0.1) is 0 Å². The zero-order valence-corrected chi connectivity index (χ0v) is 36.3. The van der Waals surface area contributed by atoms with Crippen LogP contribution in [0.2, 0.25) is 0 Å². The minimum atomic E-state index is -0.0158. The van der Waals surface area contributed by atoms with Crippen molar-refractivity contribution in [2.24, 2.45) is 0 Å². The van der Waals surface area contributed by atoms with Crippen LogP contribution in [0.1, 0.15) is 26.3 Å². The number of imidazole rings is 1. The summed E-state index contributed by atoms with van der Waals surface area (Å²) in [6.45, 7) is 6.69. The second kappa shape index (κ2) is 15.3. The molecule has 7 heteroatoms. The van der Waals surface area contributed by atoms with Crippen LogP contribution in [-0.2, 0) is 5.41 Å². The molecule has 0 radical (unpaired) electrons. The van der Waals surface area contributed by atoms with Crippen molar-refractivity contribution in [3.8, 4) is 51.3 Å². The van der Waals surface area contributed by atoms with E-state index in [-0.39, 0.29) is 12.1 Å². The molecular weight excluding hydrogens is 795 g/mol. The van der Waals surface area contributed by atoms with E-state index in [2.05, 4.69) is 217 Å². The smallest absolute Gasteiger partial charge is 0.269 e. The van der Waals surface area contributed by atoms with Crippen LogP contribution in [0.3, 0.4) is 0 Å². The second-order valence-corrected chi connectivity index (χ2v) is 17.8. The second-order valence-electron chi connectivity index (χ2n) is 17.8. The highest BCUT2D eigenvalue weighted by atomic mass is 16.5. The molecule has 0 unspecified atom stereocenters. The molecule has 3 aromatic heterocycles. The Balaban J connectivity index is 0.940. The van der Waals surface area contributed by atoms with Gasteiger partial charge < -0.3 is 9.47 Å². The summed E-state index contributed by atoms with van der Waals surface area (Å²) in [7, 11) is 0. The summed E-state index contributed by atoms with van der Waals surface area (Å²) in [5.41, 5.74) is 13.2. The molecule has 0 atom stereocenters. The van der Waals surface area contributed by atoms with Gasteiger partial charge in [0.15, 0.2) is 0 Å². The zero-order valence-electron chi connectivity index (χ0n) is 36.3. The summed E-state index contributed by atoms with van der Waals surface area (Å²) in [5, 5.41) is 2.32. The van der Waals surface area contributed by atoms with Crippen molar-refractivity contribution in [3.05, 3.63) is 218 Å². The van der Waals surface area contributed by atoms with E-state index < -0.39 is 0 Å². The van der Waals surface area contributed by atoms with Gasteiger partial charge in [0.25, 0.3) is 13.0 Å². The summed E-state index contributed by atoms with van der Waals surface area (Å²) in [6.07, 6.45) is 5.70. The highest BCUT2D eigenvalue weighted by Gasteiger charge is 2.34. The van der Waals surface area contributed by atoms with Gasteiger partial charge in [0.1, 0.15) is 28.8 Å². The van der Waals surface area contributed by atoms with Gasteiger partial charge in [-0.2, -0.15) is 0 Å². The molecule has 11 aromatic rings. The topological polar surface area (TPSA) is 45.1 Å². The molecule has 0 amide bonds. The highest BCUT2D eigenvalue weighted by Crippen LogP contribution is 2.37. The number of hydrogen-bond acceptors (Lipinski definition) is 3. The van der Waals surface area contributed by atoms with Crippen molar-refractivity contribution >= 4 is 55.9 Å². The number of ether oxygens (including phenoxy) is 2. The largest absolute Gasteiger partial charge is 0.458 e. The minimum absolute atomic E-state index is 0.0149. The van der Waals surface area contributed by atoms with Gasteiger partial charge >= 0.3 is 0 Å². The first-order valence-corrected chi connectivity index (χ1v) is 22.1. The summed E-state index contributed by atoms with van der Waals surface area (Å²) < 4.78 is 19.7. The lowest BCUT2D eigenvalue weighted by molar-refractivity contribution is -0.571. The van der Waals surface area contributed by atoms with Gasteiger partial charge in [-0.05, 0) is 99.8 Å². The number of nitrogens with zero attached hydrogens (tertiary/aromatic N) is 4. The van der Waals surface area contributed by atoms with E-state index >= 15 is 0 Å². The van der Waals surface area contributed by atoms with E-state index in [0.29, 0.717) is 0 Å². The molecule has 65 heavy (non-hydrogen) atoms. The predicted molar refractivity (Wildman–Crippen MR) is 264 cm³/mol. The number of hydrogen-bond donors (Lipinski definition) is 0. The van der Waals surface area contributed by atoms with Crippen molar-refractivity contribution < 1.29 is 14.0 Å². The van der Waals surface area contributed by atoms with Gasteiger partial charge in [0.05, 0.1) is 33.4 Å². The number of para-hydroxylation sites is 6. The van der Waals surface area contributed by atoms with Crippen LogP contribution in [0.25, 0.3) is 61.2 Å². The van der Waals surface area contributed by atoms with E-state index in [1.807, 2.05) is 30.5 Å². The van der Waals surface area contributed by atoms with E-state index in [1.165, 1.54) is 16.4 Å². The molecule has 1 aliphatic rings. The lowest BCUT2D eigenvalue weighted by atomic mass is 9.35. The normalized spacial score (nSPS) is 12.3. The van der Waals surface area contributed by atoms with Gasteiger partial charge in [0.2, 0.25) is 0 Å². The molecule has 0 saturated carbocycles. The highest BCUT2D eigenvalue weighted by molar-refractivity contribution is 6.97. The van der Waals surface area contributed by atoms with Crippen LogP contribution < -0.4 is 30.4 Å². The molecule has 0 spiro atoms. The van der Waals surface area contributed by atoms with Crippen LogP contribution in [0.4, 0.5) is 0 Å².